The first-order valence-electron chi connectivity index (χ1n) is 12.1. The number of halogens is 1. The maximum atomic E-state index is 14.3. The van der Waals surface area contributed by atoms with Crippen LogP contribution < -0.4 is 15.2 Å². The number of methoxy groups -OCH3 is 1. The van der Waals surface area contributed by atoms with Crippen molar-refractivity contribution in [3.05, 3.63) is 59.1 Å². The largest absolute Gasteiger partial charge is 0.493 e. The molecule has 34 heavy (non-hydrogen) atoms. The molecule has 1 aromatic heterocycles. The van der Waals surface area contributed by atoms with Crippen LogP contribution in [0.25, 0.3) is 11.0 Å². The average Bonchev–Trinajstić information content (AvgIpc) is 3.57. The second-order valence-corrected chi connectivity index (χ2v) is 9.43. The first-order chi connectivity index (χ1) is 16.5. The number of carbonyl (C=O) groups is 1. The fourth-order valence-electron chi connectivity index (χ4n) is 5.02. The van der Waals surface area contributed by atoms with Gasteiger partial charge in [-0.2, -0.15) is 0 Å². The van der Waals surface area contributed by atoms with Gasteiger partial charge in [0.25, 0.3) is 0 Å². The van der Waals surface area contributed by atoms with Gasteiger partial charge >= 0.3 is 0 Å². The lowest BCUT2D eigenvalue weighted by molar-refractivity contribution is 0.0979. The summed E-state index contributed by atoms with van der Waals surface area (Å²) >= 11 is 0. The Kier molecular flexibility index (Phi) is 6.46. The summed E-state index contributed by atoms with van der Waals surface area (Å²) in [5, 5.41) is 1.10. The molecule has 3 aromatic rings. The molecule has 0 spiro atoms. The predicted molar refractivity (Wildman–Crippen MR) is 128 cm³/mol. The quantitative estimate of drug-likeness (QED) is 0.438. The normalized spacial score (nSPS) is 17.6. The zero-order chi connectivity index (χ0) is 23.7. The Morgan fingerprint density at radius 3 is 2.85 bits per heavy atom. The summed E-state index contributed by atoms with van der Waals surface area (Å²) in [5.74, 6) is 0.675. The standard InChI is InChI=1S/C27H31FN2O4/c1-32-24-7-4-6-20-18(15-33-26(20)24)5-2-3-12-30(14-17-8-9-17)19-13-22-21(27(29)31)10-11-23(28)25(22)34-16-19/h4,6-7,10-11,15,17,19H,2-3,5,8-9,12-14,16H2,1H3,(H2,29,31). The topological polar surface area (TPSA) is 77.9 Å². The van der Waals surface area contributed by atoms with E-state index in [1.165, 1.54) is 30.5 Å². The van der Waals surface area contributed by atoms with E-state index >= 15 is 0 Å². The van der Waals surface area contributed by atoms with E-state index in [0.29, 0.717) is 24.2 Å². The number of fused-ring (bicyclic) bond motifs is 2. The van der Waals surface area contributed by atoms with Crippen molar-refractivity contribution in [3.8, 4) is 11.5 Å². The molecule has 2 heterocycles. The Balaban J connectivity index is 1.24. The lowest BCUT2D eigenvalue weighted by Crippen LogP contribution is -2.45. The molecule has 5 rings (SSSR count). The van der Waals surface area contributed by atoms with E-state index in [1.54, 1.807) is 7.11 Å². The average molecular weight is 467 g/mol. The third kappa shape index (κ3) is 4.62. The molecular weight excluding hydrogens is 435 g/mol. The summed E-state index contributed by atoms with van der Waals surface area (Å²) < 4.78 is 31.3. The number of amides is 1. The van der Waals surface area contributed by atoms with Crippen LogP contribution in [0.2, 0.25) is 0 Å². The van der Waals surface area contributed by atoms with Gasteiger partial charge in [-0.05, 0) is 74.8 Å². The Hall–Kier alpha value is -3.06. The van der Waals surface area contributed by atoms with Crippen LogP contribution in [0.4, 0.5) is 4.39 Å². The molecule has 1 aliphatic heterocycles. The van der Waals surface area contributed by atoms with Crippen LogP contribution in [0.1, 0.15) is 47.2 Å². The lowest BCUT2D eigenvalue weighted by Gasteiger charge is -2.36. The number of carbonyl (C=O) groups excluding carboxylic acids is 1. The van der Waals surface area contributed by atoms with Crippen LogP contribution in [-0.4, -0.2) is 43.7 Å². The molecule has 1 unspecified atom stereocenters. The molecule has 2 N–H and O–H groups in total. The fraction of sp³-hybridized carbons (Fsp3) is 0.444. The van der Waals surface area contributed by atoms with Crippen molar-refractivity contribution in [1.82, 2.24) is 4.90 Å². The highest BCUT2D eigenvalue weighted by Crippen LogP contribution is 2.35. The van der Waals surface area contributed by atoms with Crippen molar-refractivity contribution in [3.63, 3.8) is 0 Å². The van der Waals surface area contributed by atoms with E-state index < -0.39 is 11.7 Å². The van der Waals surface area contributed by atoms with Crippen LogP contribution in [0, 0.1) is 11.7 Å². The highest BCUT2D eigenvalue weighted by atomic mass is 19.1. The van der Waals surface area contributed by atoms with E-state index in [-0.39, 0.29) is 11.8 Å². The van der Waals surface area contributed by atoms with Gasteiger partial charge in [0.15, 0.2) is 22.9 Å². The maximum Gasteiger partial charge on any atom is 0.249 e. The van der Waals surface area contributed by atoms with E-state index in [4.69, 9.17) is 19.6 Å². The van der Waals surface area contributed by atoms with Crippen molar-refractivity contribution in [2.24, 2.45) is 11.7 Å². The number of para-hydroxylation sites is 1. The first kappa shape index (κ1) is 22.7. The second kappa shape index (κ2) is 9.66. The number of nitrogens with two attached hydrogens (primary N) is 1. The van der Waals surface area contributed by atoms with Crippen LogP contribution in [0.15, 0.2) is 41.0 Å². The summed E-state index contributed by atoms with van der Waals surface area (Å²) in [6, 6.07) is 8.80. The molecule has 0 bridgehead atoms. The minimum absolute atomic E-state index is 0.104. The number of benzene rings is 2. The van der Waals surface area contributed by atoms with Gasteiger partial charge in [0.05, 0.1) is 13.4 Å². The predicted octanol–water partition coefficient (Wildman–Crippen LogP) is 4.72. The molecule has 7 heteroatoms. The van der Waals surface area contributed by atoms with Gasteiger partial charge < -0.3 is 19.6 Å². The SMILES string of the molecule is COc1cccc2c(CCCCN(CC3CC3)C3COc4c(F)ccc(C(N)=O)c4C3)coc12. The number of hydrogen-bond acceptors (Lipinski definition) is 5. The Morgan fingerprint density at radius 1 is 1.24 bits per heavy atom. The Bertz CT molecular complexity index is 1190. The molecule has 0 saturated heterocycles. The third-order valence-electron chi connectivity index (χ3n) is 7.05. The molecule has 2 aliphatic rings. The van der Waals surface area contributed by atoms with Gasteiger partial charge in [-0.1, -0.05) is 12.1 Å². The smallest absolute Gasteiger partial charge is 0.249 e. The van der Waals surface area contributed by atoms with E-state index in [9.17, 15) is 9.18 Å². The van der Waals surface area contributed by atoms with Crippen molar-refractivity contribution in [1.29, 1.82) is 0 Å². The number of hydrogen-bond donors (Lipinski definition) is 1. The van der Waals surface area contributed by atoms with E-state index in [1.807, 2.05) is 18.4 Å². The Labute approximate surface area is 198 Å². The summed E-state index contributed by atoms with van der Waals surface area (Å²) in [5.41, 5.74) is 8.50. The van der Waals surface area contributed by atoms with Crippen LogP contribution in [0.3, 0.4) is 0 Å². The summed E-state index contributed by atoms with van der Waals surface area (Å²) in [4.78, 5) is 14.4. The maximum absolute atomic E-state index is 14.3. The zero-order valence-electron chi connectivity index (χ0n) is 19.5. The number of primary amides is 1. The third-order valence-corrected chi connectivity index (χ3v) is 7.05. The molecule has 1 amide bonds. The molecule has 1 atom stereocenters. The molecule has 0 radical (unpaired) electrons. The highest BCUT2D eigenvalue weighted by Gasteiger charge is 2.33. The highest BCUT2D eigenvalue weighted by molar-refractivity contribution is 5.95. The van der Waals surface area contributed by atoms with Gasteiger partial charge in [-0.3, -0.25) is 9.69 Å². The number of aryl methyl sites for hydroxylation is 1. The van der Waals surface area contributed by atoms with Crippen molar-refractivity contribution < 1.29 is 23.1 Å². The molecule has 1 saturated carbocycles. The van der Waals surface area contributed by atoms with E-state index in [2.05, 4.69) is 11.0 Å². The van der Waals surface area contributed by atoms with Crippen molar-refractivity contribution in [2.75, 3.05) is 26.8 Å². The summed E-state index contributed by atoms with van der Waals surface area (Å²) in [6.07, 6.45) is 7.90. The number of nitrogens with zero attached hydrogens (tertiary/aromatic N) is 1. The van der Waals surface area contributed by atoms with Crippen molar-refractivity contribution >= 4 is 16.9 Å². The van der Waals surface area contributed by atoms with Gasteiger partial charge in [0.2, 0.25) is 5.91 Å². The van der Waals surface area contributed by atoms with Crippen LogP contribution >= 0.6 is 0 Å². The molecule has 2 aromatic carbocycles. The van der Waals surface area contributed by atoms with Crippen LogP contribution in [-0.2, 0) is 12.8 Å². The molecule has 6 nitrogen and oxygen atoms in total. The molecule has 1 aliphatic carbocycles. The van der Waals surface area contributed by atoms with Gasteiger partial charge in [0.1, 0.15) is 6.61 Å². The lowest BCUT2D eigenvalue weighted by atomic mass is 9.95. The fourth-order valence-corrected chi connectivity index (χ4v) is 5.02. The zero-order valence-corrected chi connectivity index (χ0v) is 19.5. The Morgan fingerprint density at radius 2 is 2.09 bits per heavy atom. The van der Waals surface area contributed by atoms with Crippen LogP contribution in [0.5, 0.6) is 11.5 Å². The summed E-state index contributed by atoms with van der Waals surface area (Å²) in [7, 11) is 1.65. The monoisotopic (exact) mass is 466 g/mol. The van der Waals surface area contributed by atoms with Gasteiger partial charge in [-0.25, -0.2) is 4.39 Å². The molecule has 1 fully saturated rings. The summed E-state index contributed by atoms with van der Waals surface area (Å²) in [6.45, 7) is 2.36. The number of ether oxygens (including phenoxy) is 2. The number of furan rings is 1. The van der Waals surface area contributed by atoms with E-state index in [0.717, 1.165) is 55.0 Å². The minimum Gasteiger partial charge on any atom is -0.493 e. The van der Waals surface area contributed by atoms with Crippen molar-refractivity contribution in [2.45, 2.75) is 44.6 Å². The molecular formula is C27H31FN2O4. The minimum atomic E-state index is -0.543. The second-order valence-electron chi connectivity index (χ2n) is 9.43. The first-order valence-corrected chi connectivity index (χ1v) is 12.1. The van der Waals surface area contributed by atoms with Gasteiger partial charge in [0, 0.05) is 29.1 Å². The number of unbranched alkanes of at least 4 members (excludes halogenated alkanes) is 1. The van der Waals surface area contributed by atoms with Gasteiger partial charge in [-0.15, -0.1) is 0 Å². The number of rotatable bonds is 10. The molecule has 180 valence electrons.